The van der Waals surface area contributed by atoms with E-state index in [1.807, 2.05) is 0 Å². The SMILES string of the molecule is NNC(Cc1ccc2c(c1)CCC2)C1C2CCCCC21. The largest absolute Gasteiger partial charge is 0.271 e. The lowest BCUT2D eigenvalue weighted by molar-refractivity contribution is 0.437. The van der Waals surface area contributed by atoms with Gasteiger partial charge >= 0.3 is 0 Å². The number of aryl methyl sites for hydroxylation is 2. The molecule has 0 heterocycles. The average molecular weight is 270 g/mol. The van der Waals surface area contributed by atoms with E-state index in [0.29, 0.717) is 6.04 Å². The minimum Gasteiger partial charge on any atom is -0.271 e. The van der Waals surface area contributed by atoms with Crippen LogP contribution in [0.25, 0.3) is 0 Å². The Balaban J connectivity index is 1.47. The number of hydrogen-bond acceptors (Lipinski definition) is 2. The third-order valence-corrected chi connectivity index (χ3v) is 6.02. The van der Waals surface area contributed by atoms with Crippen LogP contribution in [0, 0.1) is 17.8 Å². The van der Waals surface area contributed by atoms with Gasteiger partial charge in [-0.3, -0.25) is 11.3 Å². The molecule has 2 fully saturated rings. The lowest BCUT2D eigenvalue weighted by atomic mass is 9.97. The number of fused-ring (bicyclic) bond motifs is 2. The number of benzene rings is 1. The second kappa shape index (κ2) is 5.16. The number of nitrogens with one attached hydrogen (secondary N) is 1. The molecule has 0 saturated heterocycles. The molecule has 3 atom stereocenters. The summed E-state index contributed by atoms with van der Waals surface area (Å²) in [6.45, 7) is 0. The van der Waals surface area contributed by atoms with Crippen LogP contribution >= 0.6 is 0 Å². The summed E-state index contributed by atoms with van der Waals surface area (Å²) in [4.78, 5) is 0. The Morgan fingerprint density at radius 1 is 1.05 bits per heavy atom. The Hall–Kier alpha value is -0.860. The maximum atomic E-state index is 5.88. The van der Waals surface area contributed by atoms with Gasteiger partial charge in [-0.2, -0.15) is 0 Å². The lowest BCUT2D eigenvalue weighted by Crippen LogP contribution is -2.39. The van der Waals surface area contributed by atoms with Crippen molar-refractivity contribution in [2.45, 2.75) is 57.4 Å². The zero-order valence-electron chi connectivity index (χ0n) is 12.3. The molecule has 20 heavy (non-hydrogen) atoms. The van der Waals surface area contributed by atoms with Gasteiger partial charge in [0, 0.05) is 6.04 Å². The Bertz CT molecular complexity index is 484. The summed E-state index contributed by atoms with van der Waals surface area (Å²) in [5, 5.41) is 0. The molecule has 0 bridgehead atoms. The Morgan fingerprint density at radius 2 is 1.80 bits per heavy atom. The van der Waals surface area contributed by atoms with Crippen molar-refractivity contribution in [3.8, 4) is 0 Å². The van der Waals surface area contributed by atoms with Crippen LogP contribution < -0.4 is 11.3 Å². The number of rotatable bonds is 4. The highest BCUT2D eigenvalue weighted by Gasteiger charge is 2.53. The van der Waals surface area contributed by atoms with Gasteiger partial charge in [0.1, 0.15) is 0 Å². The molecule has 2 heteroatoms. The highest BCUT2D eigenvalue weighted by molar-refractivity contribution is 5.35. The molecule has 0 aliphatic heterocycles. The lowest BCUT2D eigenvalue weighted by Gasteiger charge is -2.17. The van der Waals surface area contributed by atoms with Crippen molar-refractivity contribution >= 4 is 0 Å². The van der Waals surface area contributed by atoms with Crippen molar-refractivity contribution in [3.63, 3.8) is 0 Å². The zero-order valence-corrected chi connectivity index (χ0v) is 12.3. The van der Waals surface area contributed by atoms with E-state index in [9.17, 15) is 0 Å². The Labute approximate surface area is 122 Å². The van der Waals surface area contributed by atoms with E-state index in [2.05, 4.69) is 23.6 Å². The number of hydrazine groups is 1. The highest BCUT2D eigenvalue weighted by Crippen LogP contribution is 2.57. The topological polar surface area (TPSA) is 38.0 Å². The standard InChI is InChI=1S/C18H26N2/c19-20-17(18-15-6-1-2-7-16(15)18)11-12-8-9-13-4-3-5-14(13)10-12/h8-10,15-18,20H,1-7,11,19H2. The summed E-state index contributed by atoms with van der Waals surface area (Å²) >= 11 is 0. The summed E-state index contributed by atoms with van der Waals surface area (Å²) in [6.07, 6.45) is 10.8. The Morgan fingerprint density at radius 3 is 2.55 bits per heavy atom. The molecular formula is C18H26N2. The van der Waals surface area contributed by atoms with Crippen molar-refractivity contribution in [3.05, 3.63) is 34.9 Å². The molecule has 4 rings (SSSR count). The Kier molecular flexibility index (Phi) is 3.31. The van der Waals surface area contributed by atoms with E-state index < -0.39 is 0 Å². The summed E-state index contributed by atoms with van der Waals surface area (Å²) in [7, 11) is 0. The van der Waals surface area contributed by atoms with Crippen LogP contribution in [0.3, 0.4) is 0 Å². The smallest absolute Gasteiger partial charge is 0.0284 e. The first kappa shape index (κ1) is 12.8. The first-order valence-electron chi connectivity index (χ1n) is 8.43. The molecule has 0 radical (unpaired) electrons. The van der Waals surface area contributed by atoms with E-state index >= 15 is 0 Å². The van der Waals surface area contributed by atoms with Crippen molar-refractivity contribution in [1.29, 1.82) is 0 Å². The maximum Gasteiger partial charge on any atom is 0.0284 e. The van der Waals surface area contributed by atoms with Crippen molar-refractivity contribution in [2.75, 3.05) is 0 Å². The summed E-state index contributed by atoms with van der Waals surface area (Å²) in [6, 6.07) is 7.62. The molecule has 1 aromatic rings. The van der Waals surface area contributed by atoms with Crippen LogP contribution in [-0.4, -0.2) is 6.04 Å². The minimum atomic E-state index is 0.488. The fraction of sp³-hybridized carbons (Fsp3) is 0.667. The van der Waals surface area contributed by atoms with Gasteiger partial charge in [0.25, 0.3) is 0 Å². The third-order valence-electron chi connectivity index (χ3n) is 6.02. The fourth-order valence-electron chi connectivity index (χ4n) is 4.96. The molecule has 3 unspecified atom stereocenters. The molecule has 3 aliphatic rings. The van der Waals surface area contributed by atoms with Gasteiger partial charge in [0.2, 0.25) is 0 Å². The maximum absolute atomic E-state index is 5.88. The predicted octanol–water partition coefficient (Wildman–Crippen LogP) is 2.99. The van der Waals surface area contributed by atoms with E-state index in [0.717, 1.165) is 24.2 Å². The fourth-order valence-corrected chi connectivity index (χ4v) is 4.96. The van der Waals surface area contributed by atoms with Crippen LogP contribution in [-0.2, 0) is 19.3 Å². The van der Waals surface area contributed by atoms with E-state index in [1.54, 1.807) is 11.1 Å². The molecule has 0 aromatic heterocycles. The average Bonchev–Trinajstić information content (AvgIpc) is 3.02. The van der Waals surface area contributed by atoms with Gasteiger partial charge < -0.3 is 0 Å². The second-order valence-electron chi connectivity index (χ2n) is 7.12. The van der Waals surface area contributed by atoms with E-state index in [-0.39, 0.29) is 0 Å². The van der Waals surface area contributed by atoms with Crippen molar-refractivity contribution < 1.29 is 0 Å². The molecule has 3 N–H and O–H groups in total. The molecule has 0 amide bonds. The van der Waals surface area contributed by atoms with E-state index in [4.69, 9.17) is 5.84 Å². The summed E-state index contributed by atoms with van der Waals surface area (Å²) < 4.78 is 0. The molecular weight excluding hydrogens is 244 g/mol. The molecule has 3 aliphatic carbocycles. The molecule has 2 nitrogen and oxygen atoms in total. The normalized spacial score (nSPS) is 32.5. The van der Waals surface area contributed by atoms with Crippen LogP contribution in [0.2, 0.25) is 0 Å². The minimum absolute atomic E-state index is 0.488. The van der Waals surface area contributed by atoms with Crippen LogP contribution in [0.15, 0.2) is 18.2 Å². The first-order valence-corrected chi connectivity index (χ1v) is 8.43. The first-order chi connectivity index (χ1) is 9.86. The van der Waals surface area contributed by atoms with Crippen LogP contribution in [0.5, 0.6) is 0 Å². The third kappa shape index (κ3) is 2.19. The van der Waals surface area contributed by atoms with E-state index in [1.165, 1.54) is 50.5 Å². The molecule has 1 aromatic carbocycles. The molecule has 108 valence electrons. The molecule has 2 saturated carbocycles. The second-order valence-corrected chi connectivity index (χ2v) is 7.12. The van der Waals surface area contributed by atoms with Gasteiger partial charge in [-0.05, 0) is 73.0 Å². The zero-order chi connectivity index (χ0) is 13.5. The van der Waals surface area contributed by atoms with Gasteiger partial charge in [0.05, 0.1) is 0 Å². The summed E-state index contributed by atoms with van der Waals surface area (Å²) in [5.74, 6) is 8.66. The van der Waals surface area contributed by atoms with Gasteiger partial charge in [0.15, 0.2) is 0 Å². The highest BCUT2D eigenvalue weighted by atomic mass is 15.2. The van der Waals surface area contributed by atoms with Gasteiger partial charge in [-0.25, -0.2) is 0 Å². The van der Waals surface area contributed by atoms with Crippen LogP contribution in [0.4, 0.5) is 0 Å². The van der Waals surface area contributed by atoms with Gasteiger partial charge in [-0.15, -0.1) is 0 Å². The number of nitrogens with two attached hydrogens (primary N) is 1. The molecule has 0 spiro atoms. The summed E-state index contributed by atoms with van der Waals surface area (Å²) in [5.41, 5.74) is 7.78. The van der Waals surface area contributed by atoms with Crippen molar-refractivity contribution in [1.82, 2.24) is 5.43 Å². The monoisotopic (exact) mass is 270 g/mol. The number of hydrogen-bond donors (Lipinski definition) is 2. The van der Waals surface area contributed by atoms with Crippen LogP contribution in [0.1, 0.15) is 48.8 Å². The van der Waals surface area contributed by atoms with Gasteiger partial charge in [-0.1, -0.05) is 31.0 Å². The quantitative estimate of drug-likeness (QED) is 0.652. The van der Waals surface area contributed by atoms with Crippen molar-refractivity contribution in [2.24, 2.45) is 23.6 Å². The predicted molar refractivity (Wildman–Crippen MR) is 82.2 cm³/mol.